The lowest BCUT2D eigenvalue weighted by Gasteiger charge is -2.25. The smallest absolute Gasteiger partial charge is 0.336 e. The van der Waals surface area contributed by atoms with Crippen LogP contribution < -0.4 is 4.74 Å². The Bertz CT molecular complexity index is 916. The number of hydrogen-bond acceptors (Lipinski definition) is 6. The molecule has 0 aliphatic carbocycles. The van der Waals surface area contributed by atoms with E-state index in [1.807, 2.05) is 0 Å². The predicted molar refractivity (Wildman–Crippen MR) is 99.3 cm³/mol. The molecule has 1 atom stereocenters. The number of ether oxygens (including phenoxy) is 1. The van der Waals surface area contributed by atoms with Gasteiger partial charge in [0.25, 0.3) is 5.91 Å². The second-order valence-electron chi connectivity index (χ2n) is 5.76. The molecule has 0 radical (unpaired) electrons. The van der Waals surface area contributed by atoms with Crippen molar-refractivity contribution in [1.29, 1.82) is 0 Å². The van der Waals surface area contributed by atoms with Gasteiger partial charge in [0.05, 0.1) is 23.2 Å². The van der Waals surface area contributed by atoms with Crippen molar-refractivity contribution in [2.45, 2.75) is 5.37 Å². The molecule has 0 bridgehead atoms. The van der Waals surface area contributed by atoms with Crippen molar-refractivity contribution in [2.75, 3.05) is 19.4 Å². The Hall–Kier alpha value is -3.07. The van der Waals surface area contributed by atoms with Gasteiger partial charge in [-0.3, -0.25) is 14.9 Å². The van der Waals surface area contributed by atoms with E-state index in [4.69, 9.17) is 4.74 Å². The first kappa shape index (κ1) is 18.7. The highest BCUT2D eigenvalue weighted by Gasteiger charge is 2.34. The van der Waals surface area contributed by atoms with E-state index in [0.717, 1.165) is 0 Å². The molecule has 1 fully saturated rings. The average Bonchev–Trinajstić information content (AvgIpc) is 3.16. The number of carboxylic acid groups (broad SMARTS) is 1. The number of carbonyl (C=O) groups excluding carboxylic acids is 1. The van der Waals surface area contributed by atoms with Crippen molar-refractivity contribution in [3.8, 4) is 5.75 Å². The van der Waals surface area contributed by atoms with Gasteiger partial charge < -0.3 is 14.7 Å². The third kappa shape index (κ3) is 3.59. The molecule has 1 saturated heterocycles. The molecule has 9 heteroatoms. The van der Waals surface area contributed by atoms with Crippen LogP contribution in [0.1, 0.15) is 31.7 Å². The van der Waals surface area contributed by atoms with Crippen molar-refractivity contribution < 1.29 is 24.4 Å². The second kappa shape index (κ2) is 7.67. The summed E-state index contributed by atoms with van der Waals surface area (Å²) in [6.45, 7) is 0.419. The molecule has 27 heavy (non-hydrogen) atoms. The summed E-state index contributed by atoms with van der Waals surface area (Å²) in [6, 6.07) is 10.6. The molecule has 0 aromatic heterocycles. The van der Waals surface area contributed by atoms with Gasteiger partial charge in [0.2, 0.25) is 0 Å². The Morgan fingerprint density at radius 1 is 1.26 bits per heavy atom. The molecular formula is C18H16N2O6S. The van der Waals surface area contributed by atoms with E-state index in [1.54, 1.807) is 18.2 Å². The largest absolute Gasteiger partial charge is 0.490 e. The van der Waals surface area contributed by atoms with E-state index in [1.165, 1.54) is 48.0 Å². The van der Waals surface area contributed by atoms with Crippen LogP contribution in [0.15, 0.2) is 42.5 Å². The zero-order valence-electron chi connectivity index (χ0n) is 14.3. The quantitative estimate of drug-likeness (QED) is 0.619. The van der Waals surface area contributed by atoms with Crippen molar-refractivity contribution >= 4 is 29.3 Å². The van der Waals surface area contributed by atoms with E-state index >= 15 is 0 Å². The van der Waals surface area contributed by atoms with Crippen LogP contribution in [0.3, 0.4) is 0 Å². The Kier molecular flexibility index (Phi) is 5.31. The number of thioether (sulfide) groups is 1. The van der Waals surface area contributed by atoms with Crippen LogP contribution in [0.25, 0.3) is 0 Å². The topological polar surface area (TPSA) is 110 Å². The van der Waals surface area contributed by atoms with Gasteiger partial charge >= 0.3 is 11.7 Å². The molecule has 1 heterocycles. The predicted octanol–water partition coefficient (Wildman–Crippen LogP) is 3.19. The second-order valence-corrected chi connectivity index (χ2v) is 6.95. The maximum absolute atomic E-state index is 13.0. The van der Waals surface area contributed by atoms with Crippen LogP contribution in [0.5, 0.6) is 5.75 Å². The van der Waals surface area contributed by atoms with Gasteiger partial charge in [0, 0.05) is 18.4 Å². The van der Waals surface area contributed by atoms with Gasteiger partial charge in [-0.05, 0) is 23.8 Å². The molecule has 1 aliphatic heterocycles. The molecular weight excluding hydrogens is 372 g/mol. The molecule has 0 saturated carbocycles. The summed E-state index contributed by atoms with van der Waals surface area (Å²) >= 11 is 1.47. The minimum absolute atomic E-state index is 0.0705. The van der Waals surface area contributed by atoms with Gasteiger partial charge in [0.1, 0.15) is 5.37 Å². The highest BCUT2D eigenvalue weighted by atomic mass is 32.2. The van der Waals surface area contributed by atoms with Crippen molar-refractivity contribution in [3.63, 3.8) is 0 Å². The van der Waals surface area contributed by atoms with E-state index < -0.39 is 22.2 Å². The molecule has 1 aliphatic rings. The summed E-state index contributed by atoms with van der Waals surface area (Å²) in [7, 11) is 1.35. The summed E-state index contributed by atoms with van der Waals surface area (Å²) in [5.41, 5.74) is 0.436. The molecule has 140 valence electrons. The first-order chi connectivity index (χ1) is 12.9. The number of benzene rings is 2. The third-order valence-corrected chi connectivity index (χ3v) is 5.49. The Labute approximate surface area is 158 Å². The van der Waals surface area contributed by atoms with Gasteiger partial charge in [-0.25, -0.2) is 4.79 Å². The number of hydrogen-bond donors (Lipinski definition) is 1. The normalized spacial score (nSPS) is 16.2. The highest BCUT2D eigenvalue weighted by molar-refractivity contribution is 7.99. The molecule has 2 aromatic carbocycles. The van der Waals surface area contributed by atoms with Gasteiger partial charge in [0.15, 0.2) is 5.75 Å². The minimum atomic E-state index is -1.18. The average molecular weight is 388 g/mol. The first-order valence-electron chi connectivity index (χ1n) is 8.01. The fourth-order valence-corrected chi connectivity index (χ4v) is 4.21. The number of amides is 1. The minimum Gasteiger partial charge on any atom is -0.490 e. The Morgan fingerprint density at radius 3 is 2.59 bits per heavy atom. The highest BCUT2D eigenvalue weighted by Crippen LogP contribution is 2.41. The molecule has 0 spiro atoms. The number of carboxylic acids is 1. The monoisotopic (exact) mass is 388 g/mol. The summed E-state index contributed by atoms with van der Waals surface area (Å²) in [4.78, 5) is 36.7. The fraction of sp³-hybridized carbons (Fsp3) is 0.222. The van der Waals surface area contributed by atoms with Crippen LogP contribution in [-0.4, -0.2) is 46.2 Å². The molecule has 1 N–H and O–H groups in total. The van der Waals surface area contributed by atoms with E-state index in [2.05, 4.69) is 0 Å². The van der Waals surface area contributed by atoms with Gasteiger partial charge in [-0.1, -0.05) is 18.2 Å². The number of methoxy groups -OCH3 is 1. The summed E-state index contributed by atoms with van der Waals surface area (Å²) < 4.78 is 5.02. The Morgan fingerprint density at radius 2 is 1.96 bits per heavy atom. The van der Waals surface area contributed by atoms with Crippen LogP contribution in [0.2, 0.25) is 0 Å². The molecule has 1 amide bonds. The molecule has 8 nitrogen and oxygen atoms in total. The number of aromatic carboxylic acids is 1. The molecule has 3 rings (SSSR count). The van der Waals surface area contributed by atoms with Crippen LogP contribution in [0.4, 0.5) is 5.69 Å². The summed E-state index contributed by atoms with van der Waals surface area (Å²) in [6.07, 6.45) is 0. The summed E-state index contributed by atoms with van der Waals surface area (Å²) in [5.74, 6) is -0.810. The molecule has 0 unspecified atom stereocenters. The lowest BCUT2D eigenvalue weighted by Crippen LogP contribution is -2.31. The SMILES string of the molecule is COc1ccc([C@H]2SCCN2C(=O)c2ccccc2C(=O)O)cc1[N+](=O)[O-]. The lowest BCUT2D eigenvalue weighted by atomic mass is 10.1. The number of nitro benzene ring substituents is 1. The van der Waals surface area contributed by atoms with Gasteiger partial charge in [-0.2, -0.15) is 0 Å². The number of nitrogens with zero attached hydrogens (tertiary/aromatic N) is 2. The molecule has 2 aromatic rings. The van der Waals surface area contributed by atoms with Crippen molar-refractivity contribution in [2.24, 2.45) is 0 Å². The maximum atomic E-state index is 13.0. The van der Waals surface area contributed by atoms with Crippen molar-refractivity contribution in [1.82, 2.24) is 4.90 Å². The van der Waals surface area contributed by atoms with E-state index in [9.17, 15) is 24.8 Å². The lowest BCUT2D eigenvalue weighted by molar-refractivity contribution is -0.385. The van der Waals surface area contributed by atoms with E-state index in [0.29, 0.717) is 17.9 Å². The Balaban J connectivity index is 1.97. The fourth-order valence-electron chi connectivity index (χ4n) is 2.97. The maximum Gasteiger partial charge on any atom is 0.336 e. The zero-order chi connectivity index (χ0) is 19.6. The van der Waals surface area contributed by atoms with Gasteiger partial charge in [-0.15, -0.1) is 11.8 Å². The third-order valence-electron chi connectivity index (χ3n) is 4.22. The standard InChI is InChI=1S/C18H16N2O6S/c1-26-15-7-6-11(10-14(15)20(24)25)17-19(8-9-27-17)16(21)12-4-2-3-5-13(12)18(22)23/h2-7,10,17H,8-9H2,1H3,(H,22,23)/t17-/m1/s1. The van der Waals surface area contributed by atoms with E-state index in [-0.39, 0.29) is 22.6 Å². The first-order valence-corrected chi connectivity index (χ1v) is 9.06. The van der Waals surface area contributed by atoms with Crippen LogP contribution in [0, 0.1) is 10.1 Å². The van der Waals surface area contributed by atoms with Crippen LogP contribution >= 0.6 is 11.8 Å². The number of nitro groups is 1. The van der Waals surface area contributed by atoms with Crippen LogP contribution in [-0.2, 0) is 0 Å². The summed E-state index contributed by atoms with van der Waals surface area (Å²) in [5, 5.41) is 20.2. The number of carbonyl (C=O) groups is 2. The number of rotatable bonds is 5. The zero-order valence-corrected chi connectivity index (χ0v) is 15.1. The van der Waals surface area contributed by atoms with Crippen molar-refractivity contribution in [3.05, 3.63) is 69.3 Å².